The van der Waals surface area contributed by atoms with Gasteiger partial charge in [-0.1, -0.05) is 24.3 Å². The number of nitrogens with one attached hydrogen (secondary N) is 1. The first-order valence-corrected chi connectivity index (χ1v) is 6.13. The Bertz CT molecular complexity index is 789. The highest BCUT2D eigenvalue weighted by Crippen LogP contribution is 2.09. The summed E-state index contributed by atoms with van der Waals surface area (Å²) in [4.78, 5) is 26.3. The maximum absolute atomic E-state index is 12.1. The average Bonchev–Trinajstić information content (AvgIpc) is 2.85. The molecular formula is C15H12N3O2+. The van der Waals surface area contributed by atoms with E-state index in [1.807, 2.05) is 36.4 Å². The van der Waals surface area contributed by atoms with Gasteiger partial charge < -0.3 is 0 Å². The van der Waals surface area contributed by atoms with Crippen LogP contribution in [0.25, 0.3) is 11.5 Å². The van der Waals surface area contributed by atoms with Crippen LogP contribution in [0.5, 0.6) is 0 Å². The summed E-state index contributed by atoms with van der Waals surface area (Å²) in [5.74, 6) is 0.453. The van der Waals surface area contributed by atoms with Crippen molar-refractivity contribution < 1.29 is 9.36 Å². The zero-order valence-electron chi connectivity index (χ0n) is 10.6. The largest absolute Gasteiger partial charge is 0.418 e. The molecule has 5 nitrogen and oxygen atoms in total. The van der Waals surface area contributed by atoms with Gasteiger partial charge in [0.2, 0.25) is 0 Å². The molecule has 3 aromatic rings. The molecule has 2 aromatic heterocycles. The number of rotatable bonds is 3. The van der Waals surface area contributed by atoms with Crippen LogP contribution >= 0.6 is 0 Å². The molecule has 0 aliphatic rings. The summed E-state index contributed by atoms with van der Waals surface area (Å²) < 4.78 is 3.06. The predicted molar refractivity (Wildman–Crippen MR) is 73.3 cm³/mol. The quantitative estimate of drug-likeness (QED) is 0.573. The highest BCUT2D eigenvalue weighted by molar-refractivity contribution is 5.77. The second-order valence-corrected chi connectivity index (χ2v) is 4.24. The molecule has 0 spiro atoms. The second-order valence-electron chi connectivity index (χ2n) is 4.24. The van der Waals surface area contributed by atoms with Crippen LogP contribution in [0.2, 0.25) is 0 Å². The van der Waals surface area contributed by atoms with Crippen LogP contribution in [0, 0.1) is 0 Å². The Morgan fingerprint density at radius 2 is 1.65 bits per heavy atom. The van der Waals surface area contributed by atoms with Crippen LogP contribution in [-0.4, -0.2) is 15.8 Å². The standard InChI is InChI=1S/C15H11N3O2/c19-11-13-14(17-9-5-2-6-10-17)16-15(20)18(13)12-7-3-1-4-8-12/h1-11H/p+1. The number of benzene rings is 1. The van der Waals surface area contributed by atoms with Crippen molar-refractivity contribution in [1.29, 1.82) is 0 Å². The minimum atomic E-state index is -0.343. The van der Waals surface area contributed by atoms with Gasteiger partial charge in [-0.15, -0.1) is 0 Å². The highest BCUT2D eigenvalue weighted by Gasteiger charge is 2.22. The molecular weight excluding hydrogens is 254 g/mol. The molecule has 0 aliphatic heterocycles. The Morgan fingerprint density at radius 1 is 1.00 bits per heavy atom. The fourth-order valence-corrected chi connectivity index (χ4v) is 2.12. The molecule has 0 aliphatic carbocycles. The van der Waals surface area contributed by atoms with E-state index >= 15 is 0 Å². The Balaban J connectivity index is 2.26. The number of carbonyl (C=O) groups is 1. The summed E-state index contributed by atoms with van der Waals surface area (Å²) in [6, 6.07) is 14.6. The molecule has 0 saturated heterocycles. The molecule has 2 heterocycles. The zero-order valence-corrected chi connectivity index (χ0v) is 10.6. The molecule has 0 radical (unpaired) electrons. The summed E-state index contributed by atoms with van der Waals surface area (Å²) in [5, 5.41) is 0. The molecule has 0 unspecified atom stereocenters. The van der Waals surface area contributed by atoms with Crippen molar-refractivity contribution >= 4 is 6.29 Å². The van der Waals surface area contributed by atoms with Gasteiger partial charge in [0.05, 0.1) is 18.1 Å². The molecule has 0 fully saturated rings. The topological polar surface area (TPSA) is 58.7 Å². The lowest BCUT2D eigenvalue weighted by molar-refractivity contribution is -0.599. The Hall–Kier alpha value is -2.95. The Morgan fingerprint density at radius 3 is 2.30 bits per heavy atom. The number of imidazole rings is 1. The number of pyridine rings is 1. The molecule has 20 heavy (non-hydrogen) atoms. The van der Waals surface area contributed by atoms with Gasteiger partial charge in [-0.2, -0.15) is 4.98 Å². The number of aromatic amines is 1. The van der Waals surface area contributed by atoms with Gasteiger partial charge in [-0.25, -0.2) is 13.9 Å². The zero-order chi connectivity index (χ0) is 13.9. The average molecular weight is 266 g/mol. The fourth-order valence-electron chi connectivity index (χ4n) is 2.12. The Labute approximate surface area is 114 Å². The van der Waals surface area contributed by atoms with Crippen LogP contribution < -0.4 is 10.3 Å². The van der Waals surface area contributed by atoms with Crippen LogP contribution in [0.3, 0.4) is 0 Å². The third kappa shape index (κ3) is 1.95. The molecule has 98 valence electrons. The Kier molecular flexibility index (Phi) is 3.01. The number of para-hydroxylation sites is 1. The highest BCUT2D eigenvalue weighted by atomic mass is 16.1. The smallest absolute Gasteiger partial charge is 0.296 e. The van der Waals surface area contributed by atoms with E-state index in [2.05, 4.69) is 4.98 Å². The van der Waals surface area contributed by atoms with Crippen molar-refractivity contribution in [3.8, 4) is 11.5 Å². The van der Waals surface area contributed by atoms with E-state index in [9.17, 15) is 9.59 Å². The second kappa shape index (κ2) is 4.97. The van der Waals surface area contributed by atoms with Gasteiger partial charge in [-0.05, 0) is 24.3 Å². The summed E-state index contributed by atoms with van der Waals surface area (Å²) in [7, 11) is 0. The number of hydrogen-bond acceptors (Lipinski definition) is 2. The molecule has 3 rings (SSSR count). The SMILES string of the molecule is O=Cc1c(-[n+]2ccccc2)[nH]c(=O)n1-c1ccccc1. The van der Waals surface area contributed by atoms with E-state index in [0.29, 0.717) is 17.8 Å². The molecule has 0 saturated carbocycles. The monoisotopic (exact) mass is 266 g/mol. The predicted octanol–water partition coefficient (Wildman–Crippen LogP) is 1.25. The summed E-state index contributed by atoms with van der Waals surface area (Å²) >= 11 is 0. The van der Waals surface area contributed by atoms with E-state index in [1.54, 1.807) is 29.1 Å². The first-order chi connectivity index (χ1) is 9.81. The summed E-state index contributed by atoms with van der Waals surface area (Å²) in [6.45, 7) is 0. The van der Waals surface area contributed by atoms with E-state index in [0.717, 1.165) is 0 Å². The lowest BCUT2D eigenvalue weighted by Gasteiger charge is -2.01. The van der Waals surface area contributed by atoms with Crippen molar-refractivity contribution in [2.75, 3.05) is 0 Å². The van der Waals surface area contributed by atoms with Crippen LogP contribution in [0.4, 0.5) is 0 Å². The number of aldehydes is 1. The number of hydrogen-bond donors (Lipinski definition) is 1. The first-order valence-electron chi connectivity index (χ1n) is 6.13. The van der Waals surface area contributed by atoms with Crippen molar-refractivity contribution in [3.05, 3.63) is 77.1 Å². The van der Waals surface area contributed by atoms with Gasteiger partial charge in [0, 0.05) is 0 Å². The van der Waals surface area contributed by atoms with E-state index in [-0.39, 0.29) is 11.4 Å². The van der Waals surface area contributed by atoms with Crippen molar-refractivity contribution in [1.82, 2.24) is 9.55 Å². The molecule has 5 heteroatoms. The lowest BCUT2D eigenvalue weighted by Crippen LogP contribution is -2.31. The number of aromatic nitrogens is 3. The van der Waals surface area contributed by atoms with Gasteiger partial charge in [0.1, 0.15) is 0 Å². The van der Waals surface area contributed by atoms with Crippen LogP contribution in [-0.2, 0) is 0 Å². The molecule has 0 atom stereocenters. The van der Waals surface area contributed by atoms with Crippen molar-refractivity contribution in [3.63, 3.8) is 0 Å². The normalized spacial score (nSPS) is 10.4. The fraction of sp³-hybridized carbons (Fsp3) is 0. The number of nitrogens with zero attached hydrogens (tertiary/aromatic N) is 2. The van der Waals surface area contributed by atoms with Gasteiger partial charge in [0.15, 0.2) is 12.0 Å². The van der Waals surface area contributed by atoms with E-state index in [1.165, 1.54) is 4.57 Å². The van der Waals surface area contributed by atoms with E-state index in [4.69, 9.17) is 0 Å². The van der Waals surface area contributed by atoms with E-state index < -0.39 is 0 Å². The van der Waals surface area contributed by atoms with Crippen molar-refractivity contribution in [2.24, 2.45) is 0 Å². The summed E-state index contributed by atoms with van der Waals surface area (Å²) in [6.07, 6.45) is 4.22. The molecule has 0 amide bonds. The third-order valence-electron chi connectivity index (χ3n) is 3.01. The number of H-pyrrole nitrogens is 1. The number of carbonyl (C=O) groups excluding carboxylic acids is 1. The molecule has 1 N–H and O–H groups in total. The maximum Gasteiger partial charge on any atom is 0.418 e. The molecule has 0 bridgehead atoms. The van der Waals surface area contributed by atoms with Crippen LogP contribution in [0.1, 0.15) is 10.5 Å². The van der Waals surface area contributed by atoms with Crippen molar-refractivity contribution in [2.45, 2.75) is 0 Å². The van der Waals surface area contributed by atoms with Gasteiger partial charge >= 0.3 is 11.5 Å². The minimum absolute atomic E-state index is 0.289. The maximum atomic E-state index is 12.1. The minimum Gasteiger partial charge on any atom is -0.296 e. The third-order valence-corrected chi connectivity index (χ3v) is 3.01. The lowest BCUT2D eigenvalue weighted by atomic mass is 10.3. The van der Waals surface area contributed by atoms with Crippen LogP contribution in [0.15, 0.2) is 65.7 Å². The molecule has 1 aromatic carbocycles. The van der Waals surface area contributed by atoms with Gasteiger partial charge in [0.25, 0.3) is 0 Å². The van der Waals surface area contributed by atoms with Gasteiger partial charge in [-0.3, -0.25) is 4.79 Å². The first kappa shape index (κ1) is 12.1. The summed E-state index contributed by atoms with van der Waals surface area (Å²) in [5.41, 5.74) is 0.598.